The Hall–Kier alpha value is -0.260. The molecule has 5 heteroatoms. The minimum absolute atomic E-state index is 0.382. The summed E-state index contributed by atoms with van der Waals surface area (Å²) in [6.07, 6.45) is -0.857. The van der Waals surface area contributed by atoms with Crippen LogP contribution < -0.4 is 0 Å². The first-order valence-corrected chi connectivity index (χ1v) is 2.05. The van der Waals surface area contributed by atoms with E-state index in [0.29, 0.717) is 0 Å². The molecular weight excluding hydrogens is 120 g/mol. The van der Waals surface area contributed by atoms with Gasteiger partial charge in [-0.05, 0) is 6.92 Å². The molecule has 0 fully saturated rings. The Morgan fingerprint density at radius 3 is 2.38 bits per heavy atom. The summed E-state index contributed by atoms with van der Waals surface area (Å²) in [5.74, 6) is 0. The van der Waals surface area contributed by atoms with Crippen LogP contribution in [0.1, 0.15) is 6.92 Å². The van der Waals surface area contributed by atoms with Crippen molar-refractivity contribution in [2.24, 2.45) is 0 Å². The van der Waals surface area contributed by atoms with Gasteiger partial charge in [0.25, 0.3) is 0 Å². The van der Waals surface area contributed by atoms with Gasteiger partial charge >= 0.3 is 0 Å². The molecule has 0 aromatic heterocycles. The fourth-order valence-electron chi connectivity index (χ4n) is 0.164. The third-order valence-corrected chi connectivity index (χ3v) is 0.413. The molecule has 0 spiro atoms. The summed E-state index contributed by atoms with van der Waals surface area (Å²) in [5.41, 5.74) is -1.44. The average molecular weight is 127 g/mol. The van der Waals surface area contributed by atoms with Crippen molar-refractivity contribution in [3.05, 3.63) is 0 Å². The zero-order chi connectivity index (χ0) is 6.57. The SMILES string of the molecule is CC(O)CON(F)F. The van der Waals surface area contributed by atoms with Crippen LogP contribution in [0.5, 0.6) is 0 Å². The minimum Gasteiger partial charge on any atom is -0.391 e. The second kappa shape index (κ2) is 3.71. The van der Waals surface area contributed by atoms with Gasteiger partial charge in [0.15, 0.2) is 5.51 Å². The van der Waals surface area contributed by atoms with Gasteiger partial charge < -0.3 is 5.11 Å². The van der Waals surface area contributed by atoms with E-state index in [0.717, 1.165) is 0 Å². The van der Waals surface area contributed by atoms with Crippen molar-refractivity contribution in [1.82, 2.24) is 5.51 Å². The molecule has 0 bridgehead atoms. The number of rotatable bonds is 3. The fraction of sp³-hybridized carbons (Fsp3) is 1.00. The van der Waals surface area contributed by atoms with Gasteiger partial charge in [-0.3, -0.25) is 0 Å². The number of halogens is 2. The number of aliphatic hydroxyl groups excluding tert-OH is 1. The standard InChI is InChI=1S/C3H7F2NO2/c1-3(7)2-8-6(4)5/h3,7H,2H2,1H3. The van der Waals surface area contributed by atoms with Crippen LogP contribution in [0, 0.1) is 0 Å². The van der Waals surface area contributed by atoms with Crippen LogP contribution in [0.15, 0.2) is 0 Å². The van der Waals surface area contributed by atoms with Gasteiger partial charge in [-0.1, -0.05) is 8.96 Å². The lowest BCUT2D eigenvalue weighted by atomic mass is 10.5. The van der Waals surface area contributed by atoms with Gasteiger partial charge in [-0.2, -0.15) is 0 Å². The predicted octanol–water partition coefficient (Wildman–Crippen LogP) is 0.370. The van der Waals surface area contributed by atoms with E-state index < -0.39 is 11.6 Å². The molecule has 0 aliphatic heterocycles. The Morgan fingerprint density at radius 1 is 1.75 bits per heavy atom. The summed E-state index contributed by atoms with van der Waals surface area (Å²) >= 11 is 0. The largest absolute Gasteiger partial charge is 0.391 e. The lowest BCUT2D eigenvalue weighted by molar-refractivity contribution is -0.396. The third-order valence-electron chi connectivity index (χ3n) is 0.413. The van der Waals surface area contributed by atoms with E-state index >= 15 is 0 Å². The van der Waals surface area contributed by atoms with Gasteiger partial charge in [0.2, 0.25) is 0 Å². The highest BCUT2D eigenvalue weighted by atomic mass is 19.4. The summed E-state index contributed by atoms with van der Waals surface area (Å²) in [6, 6.07) is 0. The van der Waals surface area contributed by atoms with Crippen molar-refractivity contribution < 1.29 is 18.9 Å². The van der Waals surface area contributed by atoms with Gasteiger partial charge in [0.1, 0.15) is 0 Å². The van der Waals surface area contributed by atoms with E-state index in [1.54, 1.807) is 0 Å². The molecule has 0 aromatic carbocycles. The minimum atomic E-state index is -1.44. The molecule has 1 atom stereocenters. The maximum absolute atomic E-state index is 10.9. The van der Waals surface area contributed by atoms with Crippen molar-refractivity contribution in [2.45, 2.75) is 13.0 Å². The zero-order valence-electron chi connectivity index (χ0n) is 4.34. The molecule has 0 rings (SSSR count). The van der Waals surface area contributed by atoms with Crippen LogP contribution in [0.4, 0.5) is 8.96 Å². The van der Waals surface area contributed by atoms with Crippen molar-refractivity contribution in [3.63, 3.8) is 0 Å². The maximum atomic E-state index is 10.9. The fourth-order valence-corrected chi connectivity index (χ4v) is 0.164. The van der Waals surface area contributed by atoms with Crippen molar-refractivity contribution in [3.8, 4) is 0 Å². The van der Waals surface area contributed by atoms with Crippen LogP contribution in [0.3, 0.4) is 0 Å². The molecular formula is C3H7F2NO2. The lowest BCUT2D eigenvalue weighted by Crippen LogP contribution is -2.14. The summed E-state index contributed by atoms with van der Waals surface area (Å²) in [7, 11) is 0. The molecule has 3 nitrogen and oxygen atoms in total. The summed E-state index contributed by atoms with van der Waals surface area (Å²) in [5, 5.41) is 8.32. The smallest absolute Gasteiger partial charge is 0.159 e. The van der Waals surface area contributed by atoms with Gasteiger partial charge in [-0.15, -0.1) is 0 Å². The number of nitrogens with zero attached hydrogens (tertiary/aromatic N) is 1. The third kappa shape index (κ3) is 5.74. The van der Waals surface area contributed by atoms with Crippen molar-refractivity contribution in [1.29, 1.82) is 0 Å². The lowest BCUT2D eigenvalue weighted by Gasteiger charge is -2.02. The zero-order valence-corrected chi connectivity index (χ0v) is 4.34. The monoisotopic (exact) mass is 127 g/mol. The molecule has 8 heavy (non-hydrogen) atoms. The molecule has 0 amide bonds. The average Bonchev–Trinajstić information content (AvgIpc) is 1.61. The Morgan fingerprint density at radius 2 is 2.25 bits per heavy atom. The number of aliphatic hydroxyl groups is 1. The van der Waals surface area contributed by atoms with E-state index in [-0.39, 0.29) is 6.61 Å². The van der Waals surface area contributed by atoms with Gasteiger partial charge in [-0.25, -0.2) is 4.84 Å². The Kier molecular flexibility index (Phi) is 3.59. The summed E-state index contributed by atoms with van der Waals surface area (Å²) < 4.78 is 21.8. The second-order valence-corrected chi connectivity index (χ2v) is 1.35. The molecule has 0 aromatic rings. The maximum Gasteiger partial charge on any atom is 0.159 e. The van der Waals surface area contributed by atoms with E-state index in [9.17, 15) is 8.96 Å². The summed E-state index contributed by atoms with van der Waals surface area (Å²) in [4.78, 5) is 3.55. The first kappa shape index (κ1) is 7.74. The topological polar surface area (TPSA) is 32.7 Å². The Bertz CT molecular complexity index is 51.2. The molecule has 1 N–H and O–H groups in total. The first-order valence-electron chi connectivity index (χ1n) is 2.05. The van der Waals surface area contributed by atoms with E-state index in [2.05, 4.69) is 4.84 Å². The Labute approximate surface area is 45.3 Å². The highest BCUT2D eigenvalue weighted by Gasteiger charge is 2.00. The molecule has 0 radical (unpaired) electrons. The first-order chi connectivity index (χ1) is 3.63. The van der Waals surface area contributed by atoms with Crippen LogP contribution in [0.25, 0.3) is 0 Å². The van der Waals surface area contributed by atoms with Crippen molar-refractivity contribution >= 4 is 0 Å². The van der Waals surface area contributed by atoms with E-state index in [4.69, 9.17) is 5.11 Å². The van der Waals surface area contributed by atoms with Crippen molar-refractivity contribution in [2.75, 3.05) is 6.61 Å². The highest BCUT2D eigenvalue weighted by molar-refractivity contribution is 4.36. The molecule has 1 unspecified atom stereocenters. The molecule has 0 aliphatic carbocycles. The quantitative estimate of drug-likeness (QED) is 0.439. The Balaban J connectivity index is 2.93. The molecule has 0 saturated carbocycles. The van der Waals surface area contributed by atoms with Crippen LogP contribution in [0.2, 0.25) is 0 Å². The molecule has 0 saturated heterocycles. The second-order valence-electron chi connectivity index (χ2n) is 1.35. The normalized spacial score (nSPS) is 14.6. The van der Waals surface area contributed by atoms with Gasteiger partial charge in [0.05, 0.1) is 12.7 Å². The summed E-state index contributed by atoms with van der Waals surface area (Å²) in [6.45, 7) is 0.969. The van der Waals surface area contributed by atoms with Crippen LogP contribution in [-0.4, -0.2) is 23.3 Å². The number of hydrogen-bond donors (Lipinski definition) is 1. The van der Waals surface area contributed by atoms with Gasteiger partial charge in [0, 0.05) is 0 Å². The van der Waals surface area contributed by atoms with E-state index in [1.807, 2.05) is 0 Å². The van der Waals surface area contributed by atoms with E-state index in [1.165, 1.54) is 6.92 Å². The van der Waals surface area contributed by atoms with Crippen LogP contribution in [-0.2, 0) is 4.84 Å². The molecule has 0 heterocycles. The van der Waals surface area contributed by atoms with Crippen LogP contribution >= 0.6 is 0 Å². The predicted molar refractivity (Wildman–Crippen MR) is 21.7 cm³/mol. The number of hydrogen-bond acceptors (Lipinski definition) is 3. The molecule has 0 aliphatic rings. The molecule has 50 valence electrons. The highest BCUT2D eigenvalue weighted by Crippen LogP contribution is 1.91.